The highest BCUT2D eigenvalue weighted by atomic mass is 16.5. The summed E-state index contributed by atoms with van der Waals surface area (Å²) in [5.41, 5.74) is 0.886. The van der Waals surface area contributed by atoms with Gasteiger partial charge in [0.25, 0.3) is 0 Å². The van der Waals surface area contributed by atoms with Gasteiger partial charge in [0.2, 0.25) is 0 Å². The molecule has 3 heteroatoms. The fourth-order valence-electron chi connectivity index (χ4n) is 3.19. The van der Waals surface area contributed by atoms with E-state index in [1.165, 1.54) is 5.56 Å². The van der Waals surface area contributed by atoms with Gasteiger partial charge in [-0.1, -0.05) is 30.3 Å². The molecule has 0 aromatic heterocycles. The lowest BCUT2D eigenvalue weighted by Gasteiger charge is -2.43. The molecule has 0 unspecified atom stereocenters. The van der Waals surface area contributed by atoms with Crippen molar-refractivity contribution in [3.05, 3.63) is 60.2 Å². The topological polar surface area (TPSA) is 35.5 Å². The number of carbonyl (C=O) groups excluding carboxylic acids is 1. The van der Waals surface area contributed by atoms with Crippen LogP contribution in [-0.4, -0.2) is 12.6 Å². The van der Waals surface area contributed by atoms with E-state index >= 15 is 0 Å². The first-order chi connectivity index (χ1) is 11.1. The fourth-order valence-corrected chi connectivity index (χ4v) is 3.19. The summed E-state index contributed by atoms with van der Waals surface area (Å²) >= 11 is 0. The van der Waals surface area contributed by atoms with Crippen LogP contribution < -0.4 is 4.74 Å². The quantitative estimate of drug-likeness (QED) is 0.735. The Kier molecular flexibility index (Phi) is 4.37. The number of ether oxygens (including phenoxy) is 2. The Labute approximate surface area is 137 Å². The minimum Gasteiger partial charge on any atom is -0.466 e. The Morgan fingerprint density at radius 1 is 1.09 bits per heavy atom. The number of benzene rings is 2. The highest BCUT2D eigenvalue weighted by Crippen LogP contribution is 2.52. The monoisotopic (exact) mass is 310 g/mol. The smallest absolute Gasteiger partial charge is 0.311 e. The van der Waals surface area contributed by atoms with Crippen molar-refractivity contribution in [2.45, 2.75) is 32.6 Å². The molecule has 0 saturated heterocycles. The van der Waals surface area contributed by atoms with Crippen LogP contribution >= 0.6 is 0 Å². The van der Waals surface area contributed by atoms with Gasteiger partial charge >= 0.3 is 5.97 Å². The van der Waals surface area contributed by atoms with Gasteiger partial charge in [0.05, 0.1) is 12.0 Å². The summed E-state index contributed by atoms with van der Waals surface area (Å²) in [7, 11) is 0. The maximum absolute atomic E-state index is 12.0. The molecule has 0 atom stereocenters. The minimum atomic E-state index is -0.336. The van der Waals surface area contributed by atoms with Crippen molar-refractivity contribution in [2.75, 3.05) is 6.61 Å². The number of para-hydroxylation sites is 1. The van der Waals surface area contributed by atoms with Gasteiger partial charge in [-0.3, -0.25) is 4.79 Å². The van der Waals surface area contributed by atoms with Crippen LogP contribution in [0.25, 0.3) is 0 Å². The Morgan fingerprint density at radius 3 is 2.48 bits per heavy atom. The molecule has 0 bridgehead atoms. The maximum Gasteiger partial charge on any atom is 0.311 e. The Balaban J connectivity index is 1.66. The summed E-state index contributed by atoms with van der Waals surface area (Å²) < 4.78 is 11.1. The summed E-state index contributed by atoms with van der Waals surface area (Å²) in [4.78, 5) is 12.0. The van der Waals surface area contributed by atoms with Crippen molar-refractivity contribution in [3.8, 4) is 11.5 Å². The van der Waals surface area contributed by atoms with Gasteiger partial charge in [0, 0.05) is 0 Å². The molecule has 0 aliphatic heterocycles. The first kappa shape index (κ1) is 15.6. The highest BCUT2D eigenvalue weighted by molar-refractivity contribution is 5.78. The van der Waals surface area contributed by atoms with Crippen LogP contribution in [0.3, 0.4) is 0 Å². The van der Waals surface area contributed by atoms with Crippen molar-refractivity contribution in [2.24, 2.45) is 5.41 Å². The van der Waals surface area contributed by atoms with E-state index in [-0.39, 0.29) is 11.4 Å². The number of hydrogen-bond donors (Lipinski definition) is 0. The third-order valence-electron chi connectivity index (χ3n) is 4.47. The van der Waals surface area contributed by atoms with Crippen LogP contribution in [0.2, 0.25) is 0 Å². The standard InChI is InChI=1S/C20H22O3/c1-3-22-19(21)20(2)13-16(14-20)15-8-7-11-18(12-15)23-17-9-5-4-6-10-17/h4-12,16H,3,13-14H2,1-2H3/t16-,20-. The van der Waals surface area contributed by atoms with Crippen molar-refractivity contribution in [1.29, 1.82) is 0 Å². The van der Waals surface area contributed by atoms with Crippen LogP contribution in [-0.2, 0) is 9.53 Å². The summed E-state index contributed by atoms with van der Waals surface area (Å²) in [5, 5.41) is 0. The van der Waals surface area contributed by atoms with Crippen LogP contribution in [0.1, 0.15) is 38.2 Å². The van der Waals surface area contributed by atoms with E-state index in [0.717, 1.165) is 24.3 Å². The SMILES string of the molecule is CCOC(=O)[C@]1(C)C[C@@H](c2cccc(Oc3ccccc3)c2)C1. The van der Waals surface area contributed by atoms with Gasteiger partial charge in [0.1, 0.15) is 11.5 Å². The van der Waals surface area contributed by atoms with Gasteiger partial charge in [-0.05, 0) is 62.4 Å². The minimum absolute atomic E-state index is 0.0760. The Bertz CT molecular complexity index is 672. The highest BCUT2D eigenvalue weighted by Gasteiger charge is 2.47. The molecular weight excluding hydrogens is 288 g/mol. The van der Waals surface area contributed by atoms with Gasteiger partial charge in [-0.15, -0.1) is 0 Å². The van der Waals surface area contributed by atoms with Crippen molar-refractivity contribution in [3.63, 3.8) is 0 Å². The van der Waals surface area contributed by atoms with Crippen molar-refractivity contribution >= 4 is 5.97 Å². The molecule has 0 N–H and O–H groups in total. The van der Waals surface area contributed by atoms with E-state index in [1.807, 2.05) is 56.3 Å². The molecule has 23 heavy (non-hydrogen) atoms. The molecule has 0 heterocycles. The van der Waals surface area contributed by atoms with E-state index in [2.05, 4.69) is 12.1 Å². The van der Waals surface area contributed by atoms with Gasteiger partial charge in [0.15, 0.2) is 0 Å². The average Bonchev–Trinajstić information content (AvgIpc) is 2.53. The first-order valence-electron chi connectivity index (χ1n) is 8.11. The van der Waals surface area contributed by atoms with Crippen LogP contribution in [0.4, 0.5) is 0 Å². The van der Waals surface area contributed by atoms with Gasteiger partial charge in [-0.2, -0.15) is 0 Å². The Hall–Kier alpha value is -2.29. The van der Waals surface area contributed by atoms with Crippen molar-refractivity contribution in [1.82, 2.24) is 0 Å². The number of hydrogen-bond acceptors (Lipinski definition) is 3. The van der Waals surface area contributed by atoms with Crippen LogP contribution in [0, 0.1) is 5.41 Å². The predicted molar refractivity (Wildman–Crippen MR) is 89.7 cm³/mol. The second-order valence-corrected chi connectivity index (χ2v) is 6.37. The lowest BCUT2D eigenvalue weighted by Crippen LogP contribution is -2.41. The maximum atomic E-state index is 12.0. The molecule has 3 nitrogen and oxygen atoms in total. The molecule has 1 aliphatic rings. The molecule has 0 spiro atoms. The third kappa shape index (κ3) is 3.39. The van der Waals surface area contributed by atoms with E-state index in [9.17, 15) is 4.79 Å². The molecule has 2 aromatic carbocycles. The molecule has 1 fully saturated rings. The van der Waals surface area contributed by atoms with Gasteiger partial charge in [-0.25, -0.2) is 0 Å². The zero-order valence-corrected chi connectivity index (χ0v) is 13.6. The normalized spacial score (nSPS) is 23.0. The second-order valence-electron chi connectivity index (χ2n) is 6.37. The van der Waals surface area contributed by atoms with E-state index in [4.69, 9.17) is 9.47 Å². The molecule has 1 aliphatic carbocycles. The molecule has 120 valence electrons. The summed E-state index contributed by atoms with van der Waals surface area (Å²) in [6, 6.07) is 17.9. The molecule has 1 saturated carbocycles. The van der Waals surface area contributed by atoms with Gasteiger partial charge < -0.3 is 9.47 Å². The number of rotatable bonds is 5. The molecule has 0 amide bonds. The molecule has 0 radical (unpaired) electrons. The fraction of sp³-hybridized carbons (Fsp3) is 0.350. The summed E-state index contributed by atoms with van der Waals surface area (Å²) in [5.74, 6) is 1.98. The number of carbonyl (C=O) groups is 1. The van der Waals surface area contributed by atoms with E-state index in [0.29, 0.717) is 12.5 Å². The lowest BCUT2D eigenvalue weighted by atomic mass is 9.61. The van der Waals surface area contributed by atoms with Crippen LogP contribution in [0.5, 0.6) is 11.5 Å². The Morgan fingerprint density at radius 2 is 1.78 bits per heavy atom. The average molecular weight is 310 g/mol. The lowest BCUT2D eigenvalue weighted by molar-refractivity contribution is -0.160. The van der Waals surface area contributed by atoms with E-state index < -0.39 is 0 Å². The summed E-state index contributed by atoms with van der Waals surface area (Å²) in [6.45, 7) is 4.28. The number of esters is 1. The zero-order chi connectivity index (χ0) is 16.3. The summed E-state index contributed by atoms with van der Waals surface area (Å²) in [6.07, 6.45) is 1.67. The second kappa shape index (κ2) is 6.45. The zero-order valence-electron chi connectivity index (χ0n) is 13.6. The third-order valence-corrected chi connectivity index (χ3v) is 4.47. The molecule has 3 rings (SSSR count). The van der Waals surface area contributed by atoms with Crippen LogP contribution in [0.15, 0.2) is 54.6 Å². The molecule has 2 aromatic rings. The first-order valence-corrected chi connectivity index (χ1v) is 8.11. The van der Waals surface area contributed by atoms with E-state index in [1.54, 1.807) is 0 Å². The van der Waals surface area contributed by atoms with Crippen molar-refractivity contribution < 1.29 is 14.3 Å². The predicted octanol–water partition coefficient (Wildman–Crippen LogP) is 4.93. The molecular formula is C20H22O3. The largest absolute Gasteiger partial charge is 0.466 e.